The van der Waals surface area contributed by atoms with Crippen LogP contribution in [0.3, 0.4) is 0 Å². The zero-order valence-corrected chi connectivity index (χ0v) is 18.8. The van der Waals surface area contributed by atoms with Crippen LogP contribution in [0.1, 0.15) is 28.1 Å². The molecule has 1 aromatic heterocycles. The second-order valence-electron chi connectivity index (χ2n) is 7.44. The van der Waals surface area contributed by atoms with Crippen LogP contribution in [0.2, 0.25) is 0 Å². The number of sulfonamides is 1. The van der Waals surface area contributed by atoms with Crippen molar-refractivity contribution in [3.63, 3.8) is 0 Å². The van der Waals surface area contributed by atoms with E-state index in [1.54, 1.807) is 38.4 Å². The van der Waals surface area contributed by atoms with E-state index in [1.807, 2.05) is 30.0 Å². The largest absolute Gasteiger partial charge is 0.496 e. The third kappa shape index (κ3) is 3.65. The molecule has 1 saturated heterocycles. The fourth-order valence-corrected chi connectivity index (χ4v) is 6.00. The first-order valence-electron chi connectivity index (χ1n) is 9.78. The molecule has 8 heteroatoms. The zero-order chi connectivity index (χ0) is 21.5. The molecule has 6 nitrogen and oxygen atoms in total. The number of ether oxygens (including phenoxy) is 1. The number of thiophene rings is 1. The molecular formula is C22H24N2O4S2. The molecule has 0 saturated carbocycles. The molecule has 0 N–H and O–H groups in total. The van der Waals surface area contributed by atoms with Gasteiger partial charge in [-0.2, -0.15) is 0 Å². The summed E-state index contributed by atoms with van der Waals surface area (Å²) in [6.45, 7) is 3.43. The van der Waals surface area contributed by atoms with E-state index in [4.69, 9.17) is 4.74 Å². The average molecular weight is 445 g/mol. The lowest BCUT2D eigenvalue weighted by Gasteiger charge is -2.20. The number of amides is 1. The van der Waals surface area contributed by atoms with Crippen molar-refractivity contribution in [2.24, 2.45) is 0 Å². The number of hydrogen-bond acceptors (Lipinski definition) is 5. The van der Waals surface area contributed by atoms with Gasteiger partial charge in [0.15, 0.2) is 0 Å². The summed E-state index contributed by atoms with van der Waals surface area (Å²) >= 11 is 1.45. The Morgan fingerprint density at radius 3 is 2.50 bits per heavy atom. The average Bonchev–Trinajstić information content (AvgIpc) is 3.41. The van der Waals surface area contributed by atoms with Crippen LogP contribution in [0.5, 0.6) is 5.75 Å². The van der Waals surface area contributed by atoms with Gasteiger partial charge in [-0.1, -0.05) is 0 Å². The summed E-state index contributed by atoms with van der Waals surface area (Å²) in [6, 6.07) is 12.2. The maximum atomic E-state index is 13.1. The number of anilines is 1. The molecule has 1 aliphatic heterocycles. The van der Waals surface area contributed by atoms with Crippen molar-refractivity contribution in [1.82, 2.24) is 4.90 Å². The minimum atomic E-state index is -3.72. The SMILES string of the molecule is COc1ccc(S(=O)(=O)N(C)c2ccc3sc(C(=O)N4CCCC4)cc3c2)cc1C. The van der Waals surface area contributed by atoms with Gasteiger partial charge < -0.3 is 9.64 Å². The summed E-state index contributed by atoms with van der Waals surface area (Å²) in [5.74, 6) is 0.705. The molecule has 30 heavy (non-hydrogen) atoms. The van der Waals surface area contributed by atoms with Crippen LogP contribution in [0.4, 0.5) is 5.69 Å². The van der Waals surface area contributed by atoms with Gasteiger partial charge >= 0.3 is 0 Å². The van der Waals surface area contributed by atoms with Crippen molar-refractivity contribution in [3.05, 3.63) is 52.9 Å². The predicted molar refractivity (Wildman–Crippen MR) is 120 cm³/mol. The lowest BCUT2D eigenvalue weighted by Crippen LogP contribution is -2.26. The Morgan fingerprint density at radius 1 is 1.10 bits per heavy atom. The third-order valence-electron chi connectivity index (χ3n) is 5.49. The Morgan fingerprint density at radius 2 is 1.83 bits per heavy atom. The second-order valence-corrected chi connectivity index (χ2v) is 10.5. The van der Waals surface area contributed by atoms with Crippen LogP contribution in [-0.4, -0.2) is 46.5 Å². The summed E-state index contributed by atoms with van der Waals surface area (Å²) in [4.78, 5) is 15.5. The summed E-state index contributed by atoms with van der Waals surface area (Å²) < 4.78 is 33.7. The molecule has 0 spiro atoms. The standard InChI is InChI=1S/C22H24N2O4S2/c1-15-12-18(7-8-19(15)28-3)30(26,27)23(2)17-6-9-20-16(13-17)14-21(29-20)22(25)24-10-4-5-11-24/h6-9,12-14H,4-5,10-11H2,1-3H3. The van der Waals surface area contributed by atoms with E-state index >= 15 is 0 Å². The van der Waals surface area contributed by atoms with Crippen molar-refractivity contribution in [1.29, 1.82) is 0 Å². The van der Waals surface area contributed by atoms with Gasteiger partial charge in [0, 0.05) is 24.8 Å². The molecule has 2 heterocycles. The van der Waals surface area contributed by atoms with Crippen molar-refractivity contribution in [3.8, 4) is 5.75 Å². The van der Waals surface area contributed by atoms with Gasteiger partial charge in [0.2, 0.25) is 0 Å². The fraction of sp³-hybridized carbons (Fsp3) is 0.318. The second kappa shape index (κ2) is 7.92. The minimum Gasteiger partial charge on any atom is -0.496 e. The van der Waals surface area contributed by atoms with Gasteiger partial charge in [0.25, 0.3) is 15.9 Å². The van der Waals surface area contributed by atoms with E-state index in [0.29, 0.717) is 16.3 Å². The fourth-order valence-electron chi connectivity index (χ4n) is 3.72. The Hall–Kier alpha value is -2.58. The van der Waals surface area contributed by atoms with Crippen LogP contribution in [0.15, 0.2) is 47.4 Å². The molecule has 4 rings (SSSR count). The molecule has 2 aromatic carbocycles. The zero-order valence-electron chi connectivity index (χ0n) is 17.2. The summed E-state index contributed by atoms with van der Waals surface area (Å²) in [7, 11) is -0.627. The van der Waals surface area contributed by atoms with E-state index in [0.717, 1.165) is 41.6 Å². The monoisotopic (exact) mass is 444 g/mol. The van der Waals surface area contributed by atoms with Crippen molar-refractivity contribution in [2.75, 3.05) is 31.6 Å². The van der Waals surface area contributed by atoms with Crippen LogP contribution >= 0.6 is 11.3 Å². The van der Waals surface area contributed by atoms with Crippen molar-refractivity contribution >= 4 is 43.0 Å². The van der Waals surface area contributed by atoms with E-state index in [1.165, 1.54) is 15.6 Å². The molecule has 3 aromatic rings. The summed E-state index contributed by atoms with van der Waals surface area (Å²) in [6.07, 6.45) is 2.10. The molecule has 0 unspecified atom stereocenters. The topological polar surface area (TPSA) is 66.9 Å². The highest BCUT2D eigenvalue weighted by Gasteiger charge is 2.24. The van der Waals surface area contributed by atoms with Crippen LogP contribution in [0.25, 0.3) is 10.1 Å². The quantitative estimate of drug-likeness (QED) is 0.589. The van der Waals surface area contributed by atoms with Gasteiger partial charge in [0.1, 0.15) is 5.75 Å². The lowest BCUT2D eigenvalue weighted by atomic mass is 10.2. The molecule has 1 fully saturated rings. The Bertz CT molecular complexity index is 1210. The Balaban J connectivity index is 1.65. The Kier molecular flexibility index (Phi) is 5.46. The Labute approximate surface area is 180 Å². The minimum absolute atomic E-state index is 0.0601. The highest BCUT2D eigenvalue weighted by molar-refractivity contribution is 7.92. The first kappa shape index (κ1) is 20.7. The number of benzene rings is 2. The van der Waals surface area contributed by atoms with Gasteiger partial charge in [-0.3, -0.25) is 9.10 Å². The van der Waals surface area contributed by atoms with Gasteiger partial charge in [-0.15, -0.1) is 11.3 Å². The van der Waals surface area contributed by atoms with Crippen molar-refractivity contribution < 1.29 is 17.9 Å². The number of carbonyl (C=O) groups excluding carboxylic acids is 1. The number of fused-ring (bicyclic) bond motifs is 1. The number of likely N-dealkylation sites (tertiary alicyclic amines) is 1. The third-order valence-corrected chi connectivity index (χ3v) is 8.38. The molecule has 0 aliphatic carbocycles. The maximum absolute atomic E-state index is 13.1. The number of methoxy groups -OCH3 is 1. The number of nitrogens with zero attached hydrogens (tertiary/aromatic N) is 2. The van der Waals surface area contributed by atoms with E-state index in [9.17, 15) is 13.2 Å². The molecule has 158 valence electrons. The molecule has 0 radical (unpaired) electrons. The molecule has 1 amide bonds. The first-order valence-corrected chi connectivity index (χ1v) is 12.0. The maximum Gasteiger partial charge on any atom is 0.264 e. The first-order chi connectivity index (χ1) is 14.3. The number of rotatable bonds is 5. The van der Waals surface area contributed by atoms with Crippen LogP contribution < -0.4 is 9.04 Å². The molecule has 0 bridgehead atoms. The van der Waals surface area contributed by atoms with E-state index in [-0.39, 0.29) is 10.8 Å². The van der Waals surface area contributed by atoms with Gasteiger partial charge in [-0.05, 0) is 73.2 Å². The summed E-state index contributed by atoms with van der Waals surface area (Å²) in [5.41, 5.74) is 1.30. The molecule has 0 atom stereocenters. The van der Waals surface area contributed by atoms with Crippen LogP contribution in [-0.2, 0) is 10.0 Å². The van der Waals surface area contributed by atoms with Gasteiger partial charge in [0.05, 0.1) is 22.6 Å². The number of carbonyl (C=O) groups is 1. The smallest absolute Gasteiger partial charge is 0.264 e. The number of hydrogen-bond donors (Lipinski definition) is 0. The van der Waals surface area contributed by atoms with Crippen molar-refractivity contribution in [2.45, 2.75) is 24.7 Å². The normalized spacial score (nSPS) is 14.3. The highest BCUT2D eigenvalue weighted by atomic mass is 32.2. The lowest BCUT2D eigenvalue weighted by molar-refractivity contribution is 0.0797. The highest BCUT2D eigenvalue weighted by Crippen LogP contribution is 2.32. The van der Waals surface area contributed by atoms with E-state index < -0.39 is 10.0 Å². The molecule has 1 aliphatic rings. The summed E-state index contributed by atoms with van der Waals surface area (Å²) in [5, 5.41) is 0.869. The van der Waals surface area contributed by atoms with Gasteiger partial charge in [-0.25, -0.2) is 8.42 Å². The molecular weight excluding hydrogens is 420 g/mol. The van der Waals surface area contributed by atoms with Crippen LogP contribution in [0, 0.1) is 6.92 Å². The number of aryl methyl sites for hydroxylation is 1. The predicted octanol–water partition coefficient (Wildman–Crippen LogP) is 4.28. The van der Waals surface area contributed by atoms with E-state index in [2.05, 4.69) is 0 Å².